The summed E-state index contributed by atoms with van der Waals surface area (Å²) in [5, 5.41) is 9.95. The van der Waals surface area contributed by atoms with Gasteiger partial charge in [0, 0.05) is 12.5 Å². The maximum atomic E-state index is 4.09. The zero-order chi connectivity index (χ0) is 6.81. The third kappa shape index (κ3) is 0.903. The second-order valence-electron chi connectivity index (χ2n) is 2.56. The van der Waals surface area contributed by atoms with Gasteiger partial charge in [0.15, 0.2) is 0 Å². The predicted molar refractivity (Wildman–Crippen MR) is 36.6 cm³/mol. The Hall–Kier alpha value is -0.900. The Morgan fingerprint density at radius 2 is 2.60 bits per heavy atom. The molecule has 2 rings (SSSR count). The lowest BCUT2D eigenvalue weighted by Crippen LogP contribution is -2.08. The molecular weight excluding hydrogens is 128 g/mol. The van der Waals surface area contributed by atoms with Crippen molar-refractivity contribution in [3.63, 3.8) is 0 Å². The quantitative estimate of drug-likeness (QED) is 0.569. The maximum Gasteiger partial charge on any atom is 0.137 e. The molecule has 0 bridgehead atoms. The topological polar surface area (TPSA) is 53.6 Å². The first-order valence-electron chi connectivity index (χ1n) is 3.53. The molecule has 1 aliphatic heterocycles. The summed E-state index contributed by atoms with van der Waals surface area (Å²) >= 11 is 0. The second kappa shape index (κ2) is 2.38. The van der Waals surface area contributed by atoms with Gasteiger partial charge in [0.1, 0.15) is 12.2 Å². The van der Waals surface area contributed by atoms with Gasteiger partial charge in [-0.05, 0) is 13.0 Å². The molecule has 4 nitrogen and oxygen atoms in total. The average Bonchev–Trinajstić information content (AvgIpc) is 2.59. The van der Waals surface area contributed by atoms with Crippen molar-refractivity contribution in [1.29, 1.82) is 0 Å². The molecule has 1 aromatic rings. The fourth-order valence-electron chi connectivity index (χ4n) is 1.30. The molecule has 0 radical (unpaired) electrons. The molecule has 1 atom stereocenters. The molecule has 2 N–H and O–H groups in total. The summed E-state index contributed by atoms with van der Waals surface area (Å²) in [5.74, 6) is 1.58. The molecule has 0 aromatic carbocycles. The Labute approximate surface area is 59.1 Å². The summed E-state index contributed by atoms with van der Waals surface area (Å²) in [6.45, 7) is 2.14. The molecule has 10 heavy (non-hydrogen) atoms. The molecule has 1 fully saturated rings. The maximum absolute atomic E-state index is 4.09. The Morgan fingerprint density at radius 1 is 1.60 bits per heavy atom. The van der Waals surface area contributed by atoms with Crippen LogP contribution in [0.5, 0.6) is 0 Å². The molecule has 2 heterocycles. The van der Waals surface area contributed by atoms with Crippen LogP contribution in [0.3, 0.4) is 0 Å². The Kier molecular flexibility index (Phi) is 1.39. The van der Waals surface area contributed by atoms with Crippen molar-refractivity contribution in [2.75, 3.05) is 13.1 Å². The van der Waals surface area contributed by atoms with Crippen LogP contribution in [0.15, 0.2) is 6.33 Å². The average molecular weight is 138 g/mol. The van der Waals surface area contributed by atoms with Crippen molar-refractivity contribution >= 4 is 0 Å². The minimum Gasteiger partial charge on any atom is -0.316 e. The highest BCUT2D eigenvalue weighted by Gasteiger charge is 2.18. The number of nitrogens with zero attached hydrogens (tertiary/aromatic N) is 2. The van der Waals surface area contributed by atoms with E-state index in [1.807, 2.05) is 0 Å². The van der Waals surface area contributed by atoms with Crippen molar-refractivity contribution in [1.82, 2.24) is 20.5 Å². The van der Waals surface area contributed by atoms with Gasteiger partial charge >= 0.3 is 0 Å². The standard InChI is InChI=1S/C6H10N4/c1-2-7-3-5(1)6-8-4-9-10-6/h4-5,7H,1-3H2,(H,8,9,10)/t5-/m0/s1. The summed E-state index contributed by atoms with van der Waals surface area (Å²) in [7, 11) is 0. The van der Waals surface area contributed by atoms with E-state index in [2.05, 4.69) is 20.5 Å². The highest BCUT2D eigenvalue weighted by molar-refractivity contribution is 4.97. The summed E-state index contributed by atoms with van der Waals surface area (Å²) in [5.41, 5.74) is 0. The van der Waals surface area contributed by atoms with Crippen LogP contribution in [0.25, 0.3) is 0 Å². The number of aromatic nitrogens is 3. The van der Waals surface area contributed by atoms with Crippen LogP contribution in [0.4, 0.5) is 0 Å². The molecule has 0 spiro atoms. The predicted octanol–water partition coefficient (Wildman–Crippen LogP) is -0.118. The first-order valence-corrected chi connectivity index (χ1v) is 3.53. The normalized spacial score (nSPS) is 25.4. The van der Waals surface area contributed by atoms with Crippen LogP contribution < -0.4 is 5.32 Å². The van der Waals surface area contributed by atoms with Crippen LogP contribution >= 0.6 is 0 Å². The number of nitrogens with one attached hydrogen (secondary N) is 2. The van der Waals surface area contributed by atoms with Gasteiger partial charge < -0.3 is 5.32 Å². The number of H-pyrrole nitrogens is 1. The summed E-state index contributed by atoms with van der Waals surface area (Å²) in [4.78, 5) is 4.09. The van der Waals surface area contributed by atoms with Crippen LogP contribution in [-0.2, 0) is 0 Å². The highest BCUT2D eigenvalue weighted by atomic mass is 15.2. The first kappa shape index (κ1) is 5.85. The third-order valence-electron chi connectivity index (χ3n) is 1.88. The molecule has 0 unspecified atom stereocenters. The highest BCUT2D eigenvalue weighted by Crippen LogP contribution is 2.16. The summed E-state index contributed by atoms with van der Waals surface area (Å²) < 4.78 is 0. The second-order valence-corrected chi connectivity index (χ2v) is 2.56. The SMILES string of the molecule is c1n[nH]c([C@H]2CCNC2)n1. The van der Waals surface area contributed by atoms with Crippen molar-refractivity contribution in [3.8, 4) is 0 Å². The van der Waals surface area contributed by atoms with E-state index in [9.17, 15) is 0 Å². The molecule has 54 valence electrons. The minimum absolute atomic E-state index is 0.558. The third-order valence-corrected chi connectivity index (χ3v) is 1.88. The largest absolute Gasteiger partial charge is 0.316 e. The number of hydrogen-bond acceptors (Lipinski definition) is 3. The lowest BCUT2D eigenvalue weighted by atomic mass is 10.1. The van der Waals surface area contributed by atoms with E-state index in [4.69, 9.17) is 0 Å². The van der Waals surface area contributed by atoms with Gasteiger partial charge in [0.25, 0.3) is 0 Å². The molecule has 0 aliphatic carbocycles. The molecule has 1 aromatic heterocycles. The minimum atomic E-state index is 0.558. The van der Waals surface area contributed by atoms with Gasteiger partial charge in [0.2, 0.25) is 0 Å². The van der Waals surface area contributed by atoms with Crippen molar-refractivity contribution in [2.24, 2.45) is 0 Å². The Morgan fingerprint density at radius 3 is 3.20 bits per heavy atom. The van der Waals surface area contributed by atoms with Crippen molar-refractivity contribution in [3.05, 3.63) is 12.2 Å². The van der Waals surface area contributed by atoms with Gasteiger partial charge in [-0.25, -0.2) is 4.98 Å². The number of hydrogen-bond donors (Lipinski definition) is 2. The van der Waals surface area contributed by atoms with Crippen LogP contribution in [0.2, 0.25) is 0 Å². The molecular formula is C6H10N4. The lowest BCUT2D eigenvalue weighted by Gasteiger charge is -2.00. The van der Waals surface area contributed by atoms with E-state index in [1.165, 1.54) is 6.42 Å². The first-order chi connectivity index (χ1) is 4.97. The van der Waals surface area contributed by atoms with Crippen molar-refractivity contribution in [2.45, 2.75) is 12.3 Å². The van der Waals surface area contributed by atoms with Crippen LogP contribution in [0.1, 0.15) is 18.2 Å². The molecule has 4 heteroatoms. The fraction of sp³-hybridized carbons (Fsp3) is 0.667. The zero-order valence-corrected chi connectivity index (χ0v) is 5.67. The summed E-state index contributed by atoms with van der Waals surface area (Å²) in [6, 6.07) is 0. The molecule has 0 saturated carbocycles. The van der Waals surface area contributed by atoms with Gasteiger partial charge in [-0.15, -0.1) is 0 Å². The monoisotopic (exact) mass is 138 g/mol. The van der Waals surface area contributed by atoms with Crippen LogP contribution in [-0.4, -0.2) is 28.3 Å². The van der Waals surface area contributed by atoms with E-state index >= 15 is 0 Å². The van der Waals surface area contributed by atoms with E-state index in [1.54, 1.807) is 6.33 Å². The Bertz CT molecular complexity index is 188. The van der Waals surface area contributed by atoms with E-state index in [0.717, 1.165) is 18.9 Å². The van der Waals surface area contributed by atoms with Gasteiger partial charge in [-0.1, -0.05) is 0 Å². The zero-order valence-electron chi connectivity index (χ0n) is 5.67. The number of rotatable bonds is 1. The van der Waals surface area contributed by atoms with Gasteiger partial charge in [0.05, 0.1) is 0 Å². The van der Waals surface area contributed by atoms with Gasteiger partial charge in [-0.3, -0.25) is 5.10 Å². The summed E-state index contributed by atoms with van der Waals surface area (Å²) in [6.07, 6.45) is 2.74. The van der Waals surface area contributed by atoms with Gasteiger partial charge in [-0.2, -0.15) is 5.10 Å². The molecule has 1 aliphatic rings. The smallest absolute Gasteiger partial charge is 0.137 e. The molecule has 1 saturated heterocycles. The molecule has 0 amide bonds. The van der Waals surface area contributed by atoms with E-state index < -0.39 is 0 Å². The lowest BCUT2D eigenvalue weighted by molar-refractivity contribution is 0.706. The number of aromatic amines is 1. The van der Waals surface area contributed by atoms with Crippen LogP contribution in [0, 0.1) is 0 Å². The fourth-order valence-corrected chi connectivity index (χ4v) is 1.30. The van der Waals surface area contributed by atoms with E-state index in [0.29, 0.717) is 5.92 Å². The Balaban J connectivity index is 2.12. The van der Waals surface area contributed by atoms with E-state index in [-0.39, 0.29) is 0 Å². The van der Waals surface area contributed by atoms with Crippen molar-refractivity contribution < 1.29 is 0 Å².